The second-order valence-corrected chi connectivity index (χ2v) is 3.65. The van der Waals surface area contributed by atoms with Crippen molar-refractivity contribution in [3.63, 3.8) is 0 Å². The first-order valence-corrected chi connectivity index (χ1v) is 5.64. The Kier molecular flexibility index (Phi) is 4.18. The lowest BCUT2D eigenvalue weighted by atomic mass is 10.2. The van der Waals surface area contributed by atoms with Gasteiger partial charge in [-0.1, -0.05) is 60.7 Å². The monoisotopic (exact) mass is 221 g/mol. The summed E-state index contributed by atoms with van der Waals surface area (Å²) in [6, 6.07) is 20.4. The molecule has 0 unspecified atom stereocenters. The SMILES string of the molecule is C(=C\c1ccccc1)/N/C=C/c1ccccc1. The summed E-state index contributed by atoms with van der Waals surface area (Å²) in [5.74, 6) is 0. The van der Waals surface area contributed by atoms with Crippen LogP contribution in [-0.2, 0) is 0 Å². The van der Waals surface area contributed by atoms with Crippen molar-refractivity contribution in [2.75, 3.05) is 0 Å². The first-order valence-electron chi connectivity index (χ1n) is 5.64. The van der Waals surface area contributed by atoms with Crippen molar-refractivity contribution in [2.24, 2.45) is 0 Å². The Morgan fingerprint density at radius 3 is 1.41 bits per heavy atom. The van der Waals surface area contributed by atoms with Gasteiger partial charge in [0.15, 0.2) is 0 Å². The van der Waals surface area contributed by atoms with Crippen LogP contribution in [0.3, 0.4) is 0 Å². The second-order valence-electron chi connectivity index (χ2n) is 3.65. The lowest BCUT2D eigenvalue weighted by Gasteiger charge is -1.93. The van der Waals surface area contributed by atoms with Crippen molar-refractivity contribution < 1.29 is 0 Å². The molecule has 0 fully saturated rings. The molecule has 0 heterocycles. The van der Waals surface area contributed by atoms with Crippen molar-refractivity contribution in [1.82, 2.24) is 5.32 Å². The average Bonchev–Trinajstić information content (AvgIpc) is 2.41. The molecule has 2 aromatic carbocycles. The van der Waals surface area contributed by atoms with Crippen LogP contribution in [0, 0.1) is 0 Å². The van der Waals surface area contributed by atoms with Crippen LogP contribution in [0.2, 0.25) is 0 Å². The van der Waals surface area contributed by atoms with E-state index in [2.05, 4.69) is 29.6 Å². The molecule has 17 heavy (non-hydrogen) atoms. The number of benzene rings is 2. The Labute approximate surface area is 102 Å². The van der Waals surface area contributed by atoms with Crippen molar-refractivity contribution in [3.8, 4) is 0 Å². The predicted molar refractivity (Wildman–Crippen MR) is 74.1 cm³/mol. The van der Waals surface area contributed by atoms with E-state index in [1.54, 1.807) is 0 Å². The van der Waals surface area contributed by atoms with Gasteiger partial charge >= 0.3 is 0 Å². The molecule has 0 aliphatic carbocycles. The largest absolute Gasteiger partial charge is 0.368 e. The zero-order valence-corrected chi connectivity index (χ0v) is 9.58. The molecule has 1 heteroatoms. The number of hydrogen-bond acceptors (Lipinski definition) is 1. The zero-order chi connectivity index (χ0) is 11.8. The van der Waals surface area contributed by atoms with E-state index in [0.717, 1.165) is 0 Å². The van der Waals surface area contributed by atoms with Crippen LogP contribution in [0.1, 0.15) is 11.1 Å². The molecule has 0 spiro atoms. The molecule has 2 rings (SSSR count). The zero-order valence-electron chi connectivity index (χ0n) is 9.58. The van der Waals surface area contributed by atoms with Crippen LogP contribution in [0.15, 0.2) is 73.1 Å². The van der Waals surface area contributed by atoms with Gasteiger partial charge in [-0.15, -0.1) is 0 Å². The van der Waals surface area contributed by atoms with E-state index in [0.29, 0.717) is 0 Å². The molecule has 0 saturated carbocycles. The van der Waals surface area contributed by atoms with Crippen molar-refractivity contribution >= 4 is 12.2 Å². The third-order valence-corrected chi connectivity index (χ3v) is 2.34. The maximum Gasteiger partial charge on any atom is 0.00104 e. The highest BCUT2D eigenvalue weighted by molar-refractivity contribution is 5.51. The Balaban J connectivity index is 1.84. The topological polar surface area (TPSA) is 12.0 Å². The molecule has 0 radical (unpaired) electrons. The highest BCUT2D eigenvalue weighted by atomic mass is 14.8. The molecule has 0 amide bonds. The Morgan fingerprint density at radius 1 is 0.588 bits per heavy atom. The molecule has 0 aliphatic heterocycles. The average molecular weight is 221 g/mol. The number of hydrogen-bond donors (Lipinski definition) is 1. The summed E-state index contributed by atoms with van der Waals surface area (Å²) in [7, 11) is 0. The van der Waals surface area contributed by atoms with Crippen LogP contribution in [0.25, 0.3) is 12.2 Å². The second kappa shape index (κ2) is 6.33. The Bertz CT molecular complexity index is 436. The van der Waals surface area contributed by atoms with Gasteiger partial charge < -0.3 is 5.32 Å². The van der Waals surface area contributed by atoms with E-state index in [4.69, 9.17) is 0 Å². The van der Waals surface area contributed by atoms with E-state index in [-0.39, 0.29) is 0 Å². The van der Waals surface area contributed by atoms with E-state index in [9.17, 15) is 0 Å². The van der Waals surface area contributed by atoms with Gasteiger partial charge in [-0.25, -0.2) is 0 Å². The lowest BCUT2D eigenvalue weighted by molar-refractivity contribution is 1.22. The first-order chi connectivity index (χ1) is 8.45. The highest BCUT2D eigenvalue weighted by Gasteiger charge is 1.82. The maximum atomic E-state index is 3.12. The Hall–Kier alpha value is -2.28. The molecule has 2 aromatic rings. The minimum atomic E-state index is 1.19. The predicted octanol–water partition coefficient (Wildman–Crippen LogP) is 3.92. The van der Waals surface area contributed by atoms with E-state index in [1.807, 2.05) is 61.0 Å². The molecule has 1 nitrogen and oxygen atoms in total. The summed E-state index contributed by atoms with van der Waals surface area (Å²) in [4.78, 5) is 0. The van der Waals surface area contributed by atoms with Gasteiger partial charge in [0.25, 0.3) is 0 Å². The van der Waals surface area contributed by atoms with Crippen LogP contribution < -0.4 is 5.32 Å². The lowest BCUT2D eigenvalue weighted by Crippen LogP contribution is -1.90. The molecular weight excluding hydrogens is 206 g/mol. The van der Waals surface area contributed by atoms with Gasteiger partial charge in [0.1, 0.15) is 0 Å². The van der Waals surface area contributed by atoms with Gasteiger partial charge in [-0.2, -0.15) is 0 Å². The fraction of sp³-hybridized carbons (Fsp3) is 0. The molecule has 0 atom stereocenters. The van der Waals surface area contributed by atoms with E-state index >= 15 is 0 Å². The third-order valence-electron chi connectivity index (χ3n) is 2.34. The standard InChI is InChI=1S/C16H15N/c1-3-7-15(8-4-1)11-13-17-14-12-16-9-5-2-6-10-16/h1-14,17H/b13-11+,14-12+. The molecular formula is C16H15N. The van der Waals surface area contributed by atoms with Crippen LogP contribution in [0.5, 0.6) is 0 Å². The van der Waals surface area contributed by atoms with Gasteiger partial charge in [0.2, 0.25) is 0 Å². The number of nitrogens with one attached hydrogen (secondary N) is 1. The Morgan fingerprint density at radius 2 is 1.00 bits per heavy atom. The summed E-state index contributed by atoms with van der Waals surface area (Å²) in [6.45, 7) is 0. The molecule has 84 valence electrons. The van der Waals surface area contributed by atoms with Gasteiger partial charge in [0, 0.05) is 12.4 Å². The quantitative estimate of drug-likeness (QED) is 0.825. The first kappa shape index (κ1) is 11.2. The van der Waals surface area contributed by atoms with Crippen LogP contribution >= 0.6 is 0 Å². The summed E-state index contributed by atoms with van der Waals surface area (Å²) in [6.07, 6.45) is 7.92. The molecule has 0 bridgehead atoms. The minimum Gasteiger partial charge on any atom is -0.368 e. The van der Waals surface area contributed by atoms with E-state index in [1.165, 1.54) is 11.1 Å². The smallest absolute Gasteiger partial charge is 0.00104 e. The van der Waals surface area contributed by atoms with Gasteiger partial charge in [-0.05, 0) is 23.3 Å². The summed E-state index contributed by atoms with van der Waals surface area (Å²) < 4.78 is 0. The van der Waals surface area contributed by atoms with Crippen molar-refractivity contribution in [2.45, 2.75) is 0 Å². The molecule has 0 aromatic heterocycles. The number of rotatable bonds is 4. The molecule has 0 aliphatic rings. The summed E-state index contributed by atoms with van der Waals surface area (Å²) in [5, 5.41) is 3.12. The van der Waals surface area contributed by atoms with Crippen molar-refractivity contribution in [3.05, 3.63) is 84.2 Å². The fourth-order valence-corrected chi connectivity index (χ4v) is 1.47. The highest BCUT2D eigenvalue weighted by Crippen LogP contribution is 2.01. The van der Waals surface area contributed by atoms with Gasteiger partial charge in [-0.3, -0.25) is 0 Å². The fourth-order valence-electron chi connectivity index (χ4n) is 1.47. The van der Waals surface area contributed by atoms with E-state index < -0.39 is 0 Å². The van der Waals surface area contributed by atoms with Crippen molar-refractivity contribution in [1.29, 1.82) is 0 Å². The molecule has 1 N–H and O–H groups in total. The van der Waals surface area contributed by atoms with Gasteiger partial charge in [0.05, 0.1) is 0 Å². The summed E-state index contributed by atoms with van der Waals surface area (Å²) >= 11 is 0. The summed E-state index contributed by atoms with van der Waals surface area (Å²) in [5.41, 5.74) is 2.38. The minimum absolute atomic E-state index is 1.19. The van der Waals surface area contributed by atoms with Crippen LogP contribution in [0.4, 0.5) is 0 Å². The normalized spacial score (nSPS) is 11.1. The maximum absolute atomic E-state index is 3.12. The third kappa shape index (κ3) is 3.99. The van der Waals surface area contributed by atoms with Crippen LogP contribution in [-0.4, -0.2) is 0 Å². The molecule has 0 saturated heterocycles.